The van der Waals surface area contributed by atoms with Crippen molar-refractivity contribution in [2.24, 2.45) is 0 Å². The lowest BCUT2D eigenvalue weighted by atomic mass is 10.1. The highest BCUT2D eigenvalue weighted by molar-refractivity contribution is 5.83. The minimum Gasteiger partial charge on any atom is -0.466 e. The van der Waals surface area contributed by atoms with Gasteiger partial charge in [0.05, 0.1) is 32.8 Å². The first-order valence-corrected chi connectivity index (χ1v) is 20.8. The summed E-state index contributed by atoms with van der Waals surface area (Å²) in [5.74, 6) is -1.82. The van der Waals surface area contributed by atoms with E-state index in [-0.39, 0.29) is 31.8 Å². The van der Waals surface area contributed by atoms with Gasteiger partial charge in [-0.3, -0.25) is 14.4 Å². The number of rotatable bonds is 37. The van der Waals surface area contributed by atoms with Crippen LogP contribution in [0.5, 0.6) is 0 Å². The molecule has 0 heterocycles. The number of nitrogens with zero attached hydrogens (tertiary/aromatic N) is 1. The predicted molar refractivity (Wildman–Crippen MR) is 205 cm³/mol. The molecule has 0 fully saturated rings. The molecule has 12 nitrogen and oxygen atoms in total. The number of esters is 4. The molecule has 0 radical (unpaired) electrons. The number of hydrogen-bond donors (Lipinski definition) is 0. The Bertz CT molecular complexity index is 928. The Morgan fingerprint density at radius 1 is 0.434 bits per heavy atom. The third-order valence-electron chi connectivity index (χ3n) is 8.69. The topological polar surface area (TPSA) is 144 Å². The molecule has 0 aromatic carbocycles. The van der Waals surface area contributed by atoms with Crippen molar-refractivity contribution in [3.05, 3.63) is 0 Å². The van der Waals surface area contributed by atoms with E-state index >= 15 is 0 Å². The highest BCUT2D eigenvalue weighted by atomic mass is 16.7. The fourth-order valence-electron chi connectivity index (χ4n) is 5.38. The molecule has 53 heavy (non-hydrogen) atoms. The van der Waals surface area contributed by atoms with Crippen LogP contribution in [0, 0.1) is 0 Å². The Morgan fingerprint density at radius 3 is 1.25 bits per heavy atom. The van der Waals surface area contributed by atoms with Crippen molar-refractivity contribution >= 4 is 30.0 Å². The van der Waals surface area contributed by atoms with Gasteiger partial charge in [0.2, 0.25) is 6.10 Å². The second-order valence-corrected chi connectivity index (χ2v) is 14.1. The molecule has 0 rings (SSSR count). The first-order chi connectivity index (χ1) is 25.7. The highest BCUT2D eigenvalue weighted by Gasteiger charge is 2.29. The van der Waals surface area contributed by atoms with Gasteiger partial charge < -0.3 is 33.3 Å². The number of unbranched alkanes of at least 4 members (excludes halogenated alkanes) is 18. The molecular formula is C41H75NO11. The van der Waals surface area contributed by atoms with E-state index in [9.17, 15) is 24.0 Å². The summed E-state index contributed by atoms with van der Waals surface area (Å²) in [7, 11) is 3.64. The summed E-state index contributed by atoms with van der Waals surface area (Å²) in [6.07, 6.45) is 19.9. The normalized spacial score (nSPS) is 11.6. The number of ether oxygens (including phenoxy) is 6. The molecule has 0 aliphatic carbocycles. The van der Waals surface area contributed by atoms with E-state index in [0.717, 1.165) is 70.6 Å². The van der Waals surface area contributed by atoms with Gasteiger partial charge in [-0.15, -0.1) is 0 Å². The third kappa shape index (κ3) is 35.9. The van der Waals surface area contributed by atoms with Crippen LogP contribution in [0.25, 0.3) is 0 Å². The van der Waals surface area contributed by atoms with E-state index < -0.39 is 30.6 Å². The van der Waals surface area contributed by atoms with Crippen LogP contribution in [-0.4, -0.2) is 94.7 Å². The molecule has 0 saturated heterocycles. The van der Waals surface area contributed by atoms with Crippen LogP contribution in [0.1, 0.15) is 174 Å². The van der Waals surface area contributed by atoms with Crippen molar-refractivity contribution < 1.29 is 52.4 Å². The summed E-state index contributed by atoms with van der Waals surface area (Å²) in [6, 6.07) is 0. The molecule has 0 aromatic rings. The van der Waals surface area contributed by atoms with Gasteiger partial charge in [-0.25, -0.2) is 9.59 Å². The number of carbonyl (C=O) groups is 5. The van der Waals surface area contributed by atoms with Crippen LogP contribution in [0.15, 0.2) is 0 Å². The number of likely N-dealkylation sites (N-methyl/N-ethyl adjacent to an activating group) is 1. The van der Waals surface area contributed by atoms with E-state index in [0.29, 0.717) is 45.4 Å². The Kier molecular flexibility index (Phi) is 35.4. The molecule has 0 aromatic heterocycles. The van der Waals surface area contributed by atoms with Crippen molar-refractivity contribution in [1.29, 1.82) is 0 Å². The van der Waals surface area contributed by atoms with Crippen molar-refractivity contribution in [2.75, 3.05) is 53.7 Å². The molecule has 0 N–H and O–H groups in total. The molecule has 0 aliphatic heterocycles. The highest BCUT2D eigenvalue weighted by Crippen LogP contribution is 2.12. The fourth-order valence-corrected chi connectivity index (χ4v) is 5.38. The van der Waals surface area contributed by atoms with Crippen LogP contribution in [-0.2, 0) is 47.6 Å². The maximum atomic E-state index is 12.8. The zero-order valence-electron chi connectivity index (χ0n) is 33.9. The van der Waals surface area contributed by atoms with Crippen LogP contribution in [0.2, 0.25) is 0 Å². The third-order valence-corrected chi connectivity index (χ3v) is 8.69. The first kappa shape index (κ1) is 50.1. The van der Waals surface area contributed by atoms with Crippen molar-refractivity contribution in [3.63, 3.8) is 0 Å². The number of hydrogen-bond acceptors (Lipinski definition) is 12. The largest absolute Gasteiger partial charge is 0.509 e. The van der Waals surface area contributed by atoms with Crippen molar-refractivity contribution in [1.82, 2.24) is 4.90 Å². The van der Waals surface area contributed by atoms with Crippen molar-refractivity contribution in [3.8, 4) is 0 Å². The minimum atomic E-state index is -1.49. The molecule has 0 bridgehead atoms. The number of carbonyl (C=O) groups excluding carboxylic acids is 5. The van der Waals surface area contributed by atoms with Gasteiger partial charge in [-0.05, 0) is 78.3 Å². The average molecular weight is 758 g/mol. The van der Waals surface area contributed by atoms with Gasteiger partial charge in [-0.2, -0.15) is 0 Å². The molecule has 0 saturated carbocycles. The van der Waals surface area contributed by atoms with Crippen LogP contribution >= 0.6 is 0 Å². The average Bonchev–Trinajstić information content (AvgIpc) is 3.12. The smallest absolute Gasteiger partial charge is 0.466 e. The van der Waals surface area contributed by atoms with Crippen LogP contribution < -0.4 is 0 Å². The Hall–Kier alpha value is -2.89. The summed E-state index contributed by atoms with van der Waals surface area (Å²) in [4.78, 5) is 63.1. The maximum absolute atomic E-state index is 12.8. The van der Waals surface area contributed by atoms with Gasteiger partial charge in [0.15, 0.2) is 0 Å². The van der Waals surface area contributed by atoms with Crippen LogP contribution in [0.3, 0.4) is 0 Å². The lowest BCUT2D eigenvalue weighted by Gasteiger charge is -2.17. The monoisotopic (exact) mass is 758 g/mol. The van der Waals surface area contributed by atoms with Crippen molar-refractivity contribution in [2.45, 2.75) is 180 Å². The molecular weight excluding hydrogens is 682 g/mol. The van der Waals surface area contributed by atoms with Crippen LogP contribution in [0.4, 0.5) is 4.79 Å². The molecule has 12 heteroatoms. The van der Waals surface area contributed by atoms with E-state index in [1.807, 2.05) is 19.0 Å². The van der Waals surface area contributed by atoms with Gasteiger partial charge in [0.25, 0.3) is 0 Å². The van der Waals surface area contributed by atoms with Gasteiger partial charge in [0, 0.05) is 19.4 Å². The zero-order chi connectivity index (χ0) is 39.2. The SMILES string of the molecule is CCCCCCCCCC(=O)OCCCCCCOC(=O)CC(OC(=O)OCCN(C)C)C(=O)OCCCCCCOC(=O)CCCCCCCCC. The molecule has 0 amide bonds. The van der Waals surface area contributed by atoms with Gasteiger partial charge in [-0.1, -0.05) is 90.9 Å². The minimum absolute atomic E-state index is 0.0604. The second kappa shape index (κ2) is 37.4. The Balaban J connectivity index is 4.24. The maximum Gasteiger partial charge on any atom is 0.509 e. The standard InChI is InChI=1S/C41H75NO11/c1-5-7-9-11-13-15-21-27-37(43)48-30-23-17-18-25-32-50-39(45)35-36(53-41(47)52-34-29-42(3)4)40(46)51-33-26-20-19-24-31-49-38(44)28-22-16-14-12-10-8-6-2/h36H,5-35H2,1-4H3. The van der Waals surface area contributed by atoms with Gasteiger partial charge in [0.1, 0.15) is 6.61 Å². The summed E-state index contributed by atoms with van der Waals surface area (Å²) in [5.41, 5.74) is 0. The van der Waals surface area contributed by atoms with E-state index in [1.165, 1.54) is 57.8 Å². The molecule has 1 atom stereocenters. The van der Waals surface area contributed by atoms with Gasteiger partial charge >= 0.3 is 30.0 Å². The first-order valence-electron chi connectivity index (χ1n) is 20.8. The summed E-state index contributed by atoms with van der Waals surface area (Å²) in [6.45, 7) is 5.92. The quantitative estimate of drug-likeness (QED) is 0.0339. The molecule has 310 valence electrons. The van der Waals surface area contributed by atoms with E-state index in [2.05, 4.69) is 13.8 Å². The lowest BCUT2D eigenvalue weighted by Crippen LogP contribution is -2.33. The summed E-state index contributed by atoms with van der Waals surface area (Å²) in [5, 5.41) is 0. The molecule has 0 aliphatic rings. The summed E-state index contributed by atoms with van der Waals surface area (Å²) < 4.78 is 31.4. The fraction of sp³-hybridized carbons (Fsp3) is 0.878. The zero-order valence-corrected chi connectivity index (χ0v) is 33.9. The van der Waals surface area contributed by atoms with E-state index in [4.69, 9.17) is 28.4 Å². The summed E-state index contributed by atoms with van der Waals surface area (Å²) >= 11 is 0. The van der Waals surface area contributed by atoms with E-state index in [1.54, 1.807) is 0 Å². The Morgan fingerprint density at radius 2 is 0.811 bits per heavy atom. The lowest BCUT2D eigenvalue weighted by molar-refractivity contribution is -0.161. The molecule has 0 spiro atoms. The predicted octanol–water partition coefficient (Wildman–Crippen LogP) is 9.03. The molecule has 1 unspecified atom stereocenters. The second-order valence-electron chi connectivity index (χ2n) is 14.1. The Labute approximate surface area is 321 Å².